The number of carbonyl (C=O) groups is 1. The second kappa shape index (κ2) is 6.84. The fourth-order valence-corrected chi connectivity index (χ4v) is 2.04. The smallest absolute Gasteiger partial charge is 0.172 e. The van der Waals surface area contributed by atoms with E-state index < -0.39 is 0 Å². The van der Waals surface area contributed by atoms with E-state index in [0.717, 1.165) is 42.7 Å². The minimum Gasteiger partial charge on any atom is -0.494 e. The Balaban J connectivity index is 2.31. The number of aromatic nitrogens is 3. The van der Waals surface area contributed by atoms with Gasteiger partial charge in [0.2, 0.25) is 0 Å². The molecule has 0 bridgehead atoms. The molecule has 0 amide bonds. The lowest BCUT2D eigenvalue weighted by Gasteiger charge is -2.08. The van der Waals surface area contributed by atoms with Gasteiger partial charge in [-0.15, -0.1) is 5.10 Å². The lowest BCUT2D eigenvalue weighted by atomic mass is 10.1. The van der Waals surface area contributed by atoms with E-state index in [1.54, 1.807) is 4.68 Å². The fraction of sp³-hybridized carbons (Fsp3) is 0.400. The first kappa shape index (κ1) is 14.2. The molecular formula is C15H19N3O2. The highest BCUT2D eigenvalue weighted by atomic mass is 16.5. The van der Waals surface area contributed by atoms with Crippen molar-refractivity contribution in [3.8, 4) is 11.4 Å². The van der Waals surface area contributed by atoms with Crippen LogP contribution in [0.1, 0.15) is 42.9 Å². The highest BCUT2D eigenvalue weighted by Crippen LogP contribution is 2.18. The van der Waals surface area contributed by atoms with Crippen LogP contribution in [0.5, 0.6) is 5.75 Å². The van der Waals surface area contributed by atoms with Crippen LogP contribution < -0.4 is 4.74 Å². The number of benzene rings is 1. The Kier molecular flexibility index (Phi) is 4.87. The predicted octanol–water partition coefficient (Wildman–Crippen LogP) is 2.82. The standard InChI is InChI=1S/C15H19N3O2/c1-3-5-6-15-14(11-19)16-17-18(15)12-7-9-13(10-8-12)20-4-2/h7-11H,3-6H2,1-2H3. The van der Waals surface area contributed by atoms with Gasteiger partial charge in [0.1, 0.15) is 11.4 Å². The van der Waals surface area contributed by atoms with Crippen molar-refractivity contribution in [2.75, 3.05) is 6.61 Å². The molecule has 0 atom stereocenters. The molecule has 5 nitrogen and oxygen atoms in total. The second-order valence-corrected chi connectivity index (χ2v) is 4.48. The van der Waals surface area contributed by atoms with Crippen LogP contribution in [0, 0.1) is 0 Å². The average molecular weight is 273 g/mol. The molecule has 20 heavy (non-hydrogen) atoms. The van der Waals surface area contributed by atoms with Crippen LogP contribution in [0.2, 0.25) is 0 Å². The van der Waals surface area contributed by atoms with Crippen molar-refractivity contribution in [2.45, 2.75) is 33.1 Å². The molecule has 2 aromatic rings. The van der Waals surface area contributed by atoms with Crippen molar-refractivity contribution in [1.29, 1.82) is 0 Å². The van der Waals surface area contributed by atoms with Gasteiger partial charge in [0.25, 0.3) is 0 Å². The molecule has 2 rings (SSSR count). The summed E-state index contributed by atoms with van der Waals surface area (Å²) in [6.07, 6.45) is 3.63. The lowest BCUT2D eigenvalue weighted by Crippen LogP contribution is -2.04. The van der Waals surface area contributed by atoms with Crippen molar-refractivity contribution in [3.63, 3.8) is 0 Å². The van der Waals surface area contributed by atoms with Gasteiger partial charge in [0.15, 0.2) is 6.29 Å². The summed E-state index contributed by atoms with van der Waals surface area (Å²) >= 11 is 0. The third-order valence-corrected chi connectivity index (χ3v) is 3.06. The number of ether oxygens (including phenoxy) is 1. The molecule has 0 aliphatic heterocycles. The maximum atomic E-state index is 11.0. The monoisotopic (exact) mass is 273 g/mol. The number of aldehydes is 1. The van der Waals surface area contributed by atoms with Gasteiger partial charge in [0, 0.05) is 0 Å². The summed E-state index contributed by atoms with van der Waals surface area (Å²) in [5.74, 6) is 0.821. The van der Waals surface area contributed by atoms with E-state index in [2.05, 4.69) is 17.2 Å². The zero-order valence-corrected chi connectivity index (χ0v) is 11.9. The van der Waals surface area contributed by atoms with Crippen molar-refractivity contribution in [2.24, 2.45) is 0 Å². The van der Waals surface area contributed by atoms with Crippen LogP contribution in [0.15, 0.2) is 24.3 Å². The van der Waals surface area contributed by atoms with Gasteiger partial charge < -0.3 is 4.74 Å². The number of unbranched alkanes of at least 4 members (excludes halogenated alkanes) is 1. The van der Waals surface area contributed by atoms with Gasteiger partial charge in [-0.2, -0.15) is 0 Å². The molecule has 0 aliphatic rings. The van der Waals surface area contributed by atoms with Gasteiger partial charge in [-0.1, -0.05) is 18.6 Å². The number of rotatable bonds is 7. The van der Waals surface area contributed by atoms with E-state index in [0.29, 0.717) is 12.3 Å². The highest BCUT2D eigenvalue weighted by Gasteiger charge is 2.13. The molecule has 0 saturated carbocycles. The quantitative estimate of drug-likeness (QED) is 0.728. The minimum absolute atomic E-state index is 0.423. The zero-order chi connectivity index (χ0) is 14.4. The summed E-state index contributed by atoms with van der Waals surface area (Å²) in [5.41, 5.74) is 2.18. The number of nitrogens with zero attached hydrogens (tertiary/aromatic N) is 3. The van der Waals surface area contributed by atoms with Gasteiger partial charge in [-0.25, -0.2) is 4.68 Å². The maximum absolute atomic E-state index is 11.0. The molecule has 0 unspecified atom stereocenters. The number of hydrogen-bond acceptors (Lipinski definition) is 4. The first-order chi connectivity index (χ1) is 9.80. The molecule has 0 N–H and O–H groups in total. The molecule has 106 valence electrons. The number of carbonyl (C=O) groups excluding carboxylic acids is 1. The largest absolute Gasteiger partial charge is 0.494 e. The predicted molar refractivity (Wildman–Crippen MR) is 76.5 cm³/mol. The van der Waals surface area contributed by atoms with Crippen molar-refractivity contribution < 1.29 is 9.53 Å². The Hall–Kier alpha value is -2.17. The molecule has 1 heterocycles. The van der Waals surface area contributed by atoms with E-state index in [1.165, 1.54) is 0 Å². The summed E-state index contributed by atoms with van der Waals surface area (Å²) in [4.78, 5) is 11.0. The van der Waals surface area contributed by atoms with E-state index in [1.807, 2.05) is 31.2 Å². The van der Waals surface area contributed by atoms with Crippen molar-refractivity contribution >= 4 is 6.29 Å². The Bertz CT molecular complexity index is 561. The number of hydrogen-bond donors (Lipinski definition) is 0. The Morgan fingerprint density at radius 2 is 2.00 bits per heavy atom. The minimum atomic E-state index is 0.423. The second-order valence-electron chi connectivity index (χ2n) is 4.48. The van der Waals surface area contributed by atoms with Crippen LogP contribution >= 0.6 is 0 Å². The fourth-order valence-electron chi connectivity index (χ4n) is 2.04. The van der Waals surface area contributed by atoms with Gasteiger partial charge in [-0.05, 0) is 44.0 Å². The van der Waals surface area contributed by atoms with Gasteiger partial charge in [0.05, 0.1) is 18.0 Å². The van der Waals surface area contributed by atoms with E-state index in [-0.39, 0.29) is 0 Å². The van der Waals surface area contributed by atoms with E-state index in [9.17, 15) is 4.79 Å². The molecule has 0 radical (unpaired) electrons. The molecule has 0 aliphatic carbocycles. The average Bonchev–Trinajstić information content (AvgIpc) is 2.89. The van der Waals surface area contributed by atoms with Crippen LogP contribution in [0.25, 0.3) is 5.69 Å². The summed E-state index contributed by atoms with van der Waals surface area (Å²) in [6.45, 7) is 4.70. The molecule has 1 aromatic carbocycles. The first-order valence-corrected chi connectivity index (χ1v) is 6.93. The van der Waals surface area contributed by atoms with Crippen molar-refractivity contribution in [3.05, 3.63) is 35.7 Å². The Morgan fingerprint density at radius 1 is 1.25 bits per heavy atom. The topological polar surface area (TPSA) is 57.0 Å². The highest BCUT2D eigenvalue weighted by molar-refractivity contribution is 5.73. The van der Waals surface area contributed by atoms with Gasteiger partial charge in [-0.3, -0.25) is 4.79 Å². The van der Waals surface area contributed by atoms with Crippen LogP contribution in [-0.4, -0.2) is 27.9 Å². The molecule has 0 spiro atoms. The molecule has 0 saturated heterocycles. The summed E-state index contributed by atoms with van der Waals surface area (Å²) in [5, 5.41) is 8.02. The summed E-state index contributed by atoms with van der Waals surface area (Å²) in [6, 6.07) is 7.63. The molecule has 5 heteroatoms. The summed E-state index contributed by atoms with van der Waals surface area (Å²) < 4.78 is 7.15. The normalized spacial score (nSPS) is 10.5. The van der Waals surface area contributed by atoms with E-state index in [4.69, 9.17) is 4.74 Å². The molecule has 0 fully saturated rings. The van der Waals surface area contributed by atoms with Crippen molar-refractivity contribution in [1.82, 2.24) is 15.0 Å². The van der Waals surface area contributed by atoms with Gasteiger partial charge >= 0.3 is 0 Å². The Morgan fingerprint density at radius 3 is 2.60 bits per heavy atom. The zero-order valence-electron chi connectivity index (χ0n) is 11.9. The maximum Gasteiger partial charge on any atom is 0.172 e. The van der Waals surface area contributed by atoms with Crippen LogP contribution in [0.3, 0.4) is 0 Å². The van der Waals surface area contributed by atoms with E-state index >= 15 is 0 Å². The SMILES string of the molecule is CCCCc1c(C=O)nnn1-c1ccc(OCC)cc1. The first-order valence-electron chi connectivity index (χ1n) is 6.93. The molecule has 1 aromatic heterocycles. The lowest BCUT2D eigenvalue weighted by molar-refractivity contribution is 0.111. The molecular weight excluding hydrogens is 254 g/mol. The third-order valence-electron chi connectivity index (χ3n) is 3.06. The third kappa shape index (κ3) is 3.04. The van der Waals surface area contributed by atoms with Crippen LogP contribution in [-0.2, 0) is 6.42 Å². The Labute approximate surface area is 118 Å². The summed E-state index contributed by atoms with van der Waals surface area (Å²) in [7, 11) is 0. The van der Waals surface area contributed by atoms with Crippen LogP contribution in [0.4, 0.5) is 0 Å².